The van der Waals surface area contributed by atoms with Crippen LogP contribution < -0.4 is 0 Å². The van der Waals surface area contributed by atoms with Gasteiger partial charge in [-0.05, 0) is 83.5 Å². The second-order valence-corrected chi connectivity index (χ2v) is 21.6. The molecule has 0 aromatic heterocycles. The minimum atomic E-state index is -0.807. The van der Waals surface area contributed by atoms with Gasteiger partial charge in [0.2, 0.25) is 0 Å². The van der Waals surface area contributed by atoms with Crippen molar-refractivity contribution in [1.29, 1.82) is 0 Å². The summed E-state index contributed by atoms with van der Waals surface area (Å²) in [5.41, 5.74) is 0. The van der Waals surface area contributed by atoms with Crippen molar-refractivity contribution in [2.45, 2.75) is 322 Å². The fourth-order valence-electron chi connectivity index (χ4n) is 9.27. The van der Waals surface area contributed by atoms with E-state index >= 15 is 0 Å². The largest absolute Gasteiger partial charge is 0.462 e. The molecule has 1 unspecified atom stereocenters. The molecule has 0 spiro atoms. The Labute approximate surface area is 477 Å². The standard InChI is InChI=1S/C71H122O6/c1-4-7-10-13-16-19-22-25-27-29-31-33-34-35-36-38-39-41-43-46-49-52-55-58-61-64-70(73)76-67-68(66-75-69(72)63-60-57-54-51-48-45-24-21-18-15-12-9-6-3)77-71(74)65-62-59-56-53-50-47-44-42-40-37-32-30-28-26-23-20-17-14-11-8-5-2/h7,9-10,12,16,18-19,21,25,27,31,33,45,48,54,57,68H,4-6,8,11,13-15,17,20,22-24,26,28-30,32,34-44,46-47,49-53,55-56,58-67H2,1-3H3/b10-7-,12-9-,19-16-,21-18-,27-25-,33-31-,48-45-,57-54-. The fraction of sp³-hybridized carbons (Fsp3) is 0.732. The van der Waals surface area contributed by atoms with E-state index in [1.54, 1.807) is 0 Å². The molecule has 0 N–H and O–H groups in total. The van der Waals surface area contributed by atoms with Crippen molar-refractivity contribution in [3.05, 3.63) is 97.2 Å². The molecule has 442 valence electrons. The van der Waals surface area contributed by atoms with E-state index in [4.69, 9.17) is 14.2 Å². The van der Waals surface area contributed by atoms with E-state index in [0.29, 0.717) is 19.3 Å². The van der Waals surface area contributed by atoms with Gasteiger partial charge < -0.3 is 14.2 Å². The molecule has 6 heteroatoms. The molecule has 6 nitrogen and oxygen atoms in total. The molecular weight excluding hydrogens is 949 g/mol. The number of unbranched alkanes of at least 4 members (excludes halogenated alkanes) is 32. The minimum absolute atomic E-state index is 0.0979. The minimum Gasteiger partial charge on any atom is -0.462 e. The zero-order valence-corrected chi connectivity index (χ0v) is 50.7. The first-order chi connectivity index (χ1) is 38.0. The predicted molar refractivity (Wildman–Crippen MR) is 334 cm³/mol. The third-order valence-electron chi connectivity index (χ3n) is 14.1. The molecule has 0 radical (unpaired) electrons. The van der Waals surface area contributed by atoms with Crippen molar-refractivity contribution in [3.63, 3.8) is 0 Å². The summed E-state index contributed by atoms with van der Waals surface area (Å²) >= 11 is 0. The summed E-state index contributed by atoms with van der Waals surface area (Å²) in [5, 5.41) is 0. The first-order valence-electron chi connectivity index (χ1n) is 32.7. The van der Waals surface area contributed by atoms with E-state index in [0.717, 1.165) is 89.9 Å². The van der Waals surface area contributed by atoms with Crippen LogP contribution in [0.4, 0.5) is 0 Å². The summed E-state index contributed by atoms with van der Waals surface area (Å²) in [6, 6.07) is 0. The number of carbonyl (C=O) groups is 3. The Hall–Kier alpha value is -3.67. The van der Waals surface area contributed by atoms with Crippen LogP contribution in [0.2, 0.25) is 0 Å². The Morgan fingerprint density at radius 2 is 0.532 bits per heavy atom. The maximum absolute atomic E-state index is 12.9. The third kappa shape index (κ3) is 63.0. The van der Waals surface area contributed by atoms with E-state index in [1.165, 1.54) is 180 Å². The molecule has 1 atom stereocenters. The Morgan fingerprint density at radius 1 is 0.273 bits per heavy atom. The average Bonchev–Trinajstić information content (AvgIpc) is 3.43. The van der Waals surface area contributed by atoms with Gasteiger partial charge in [0.1, 0.15) is 13.2 Å². The summed E-state index contributed by atoms with van der Waals surface area (Å²) in [6.07, 6.45) is 87.3. The molecule has 0 aliphatic carbocycles. The molecule has 0 aromatic carbocycles. The zero-order valence-electron chi connectivity index (χ0n) is 50.7. The highest BCUT2D eigenvalue weighted by Gasteiger charge is 2.19. The predicted octanol–water partition coefficient (Wildman–Crippen LogP) is 22.4. The SMILES string of the molecule is CC/C=C\C/C=C\C/C=C\C/C=C\CCCCCCCCCCCCCCC(=O)OCC(COC(=O)CC/C=C\C/C=C\C/C=C\C/C=C\CC)OC(=O)CCCCCCCCCCCCCCCCCCCCCCC. The van der Waals surface area contributed by atoms with Gasteiger partial charge in [0.15, 0.2) is 6.10 Å². The second-order valence-electron chi connectivity index (χ2n) is 21.6. The van der Waals surface area contributed by atoms with E-state index in [2.05, 4.69) is 112 Å². The van der Waals surface area contributed by atoms with Gasteiger partial charge in [0.05, 0.1) is 0 Å². The normalized spacial score (nSPS) is 12.7. The molecule has 0 aromatic rings. The van der Waals surface area contributed by atoms with Crippen LogP contribution in [0.25, 0.3) is 0 Å². The molecule has 0 saturated carbocycles. The van der Waals surface area contributed by atoms with Crippen molar-refractivity contribution < 1.29 is 28.6 Å². The Kier molecular flexibility index (Phi) is 61.8. The van der Waals surface area contributed by atoms with Crippen LogP contribution >= 0.6 is 0 Å². The lowest BCUT2D eigenvalue weighted by atomic mass is 10.0. The summed E-state index contributed by atoms with van der Waals surface area (Å²) in [7, 11) is 0. The van der Waals surface area contributed by atoms with Crippen LogP contribution in [0.3, 0.4) is 0 Å². The van der Waals surface area contributed by atoms with Gasteiger partial charge in [0, 0.05) is 19.3 Å². The highest BCUT2D eigenvalue weighted by atomic mass is 16.6. The second kappa shape index (κ2) is 64.9. The quantitative estimate of drug-likeness (QED) is 0.0261. The van der Waals surface area contributed by atoms with Crippen molar-refractivity contribution in [2.24, 2.45) is 0 Å². The molecule has 0 heterocycles. The molecule has 0 aliphatic heterocycles. The number of carbonyl (C=O) groups excluding carboxylic acids is 3. The lowest BCUT2D eigenvalue weighted by molar-refractivity contribution is -0.166. The van der Waals surface area contributed by atoms with E-state index in [9.17, 15) is 14.4 Å². The highest BCUT2D eigenvalue weighted by Crippen LogP contribution is 2.17. The third-order valence-corrected chi connectivity index (χ3v) is 14.1. The van der Waals surface area contributed by atoms with Crippen LogP contribution in [-0.4, -0.2) is 37.2 Å². The van der Waals surface area contributed by atoms with Crippen molar-refractivity contribution in [1.82, 2.24) is 0 Å². The average molecular weight is 1070 g/mol. The topological polar surface area (TPSA) is 78.9 Å². The lowest BCUT2D eigenvalue weighted by Gasteiger charge is -2.18. The van der Waals surface area contributed by atoms with Crippen LogP contribution in [0.5, 0.6) is 0 Å². The van der Waals surface area contributed by atoms with Gasteiger partial charge in [-0.1, -0.05) is 311 Å². The van der Waals surface area contributed by atoms with Crippen molar-refractivity contribution in [2.75, 3.05) is 13.2 Å². The van der Waals surface area contributed by atoms with Crippen LogP contribution in [-0.2, 0) is 28.6 Å². The fourth-order valence-corrected chi connectivity index (χ4v) is 9.27. The molecule has 0 rings (SSSR count). The monoisotopic (exact) mass is 1070 g/mol. The first kappa shape index (κ1) is 73.3. The number of allylic oxidation sites excluding steroid dienone is 16. The van der Waals surface area contributed by atoms with Gasteiger partial charge in [-0.25, -0.2) is 0 Å². The van der Waals surface area contributed by atoms with Gasteiger partial charge in [-0.3, -0.25) is 14.4 Å². The first-order valence-corrected chi connectivity index (χ1v) is 32.7. The number of rotatable bonds is 59. The maximum atomic E-state index is 12.9. The summed E-state index contributed by atoms with van der Waals surface area (Å²) in [6.45, 7) is 6.39. The summed E-state index contributed by atoms with van der Waals surface area (Å²) < 4.78 is 16.9. The van der Waals surface area contributed by atoms with Crippen LogP contribution in [0, 0.1) is 0 Å². The molecule has 0 fully saturated rings. The molecule has 0 amide bonds. The molecule has 77 heavy (non-hydrogen) atoms. The van der Waals surface area contributed by atoms with Crippen LogP contribution in [0.1, 0.15) is 316 Å². The molecular formula is C71H122O6. The summed E-state index contributed by atoms with van der Waals surface area (Å²) in [4.78, 5) is 38.3. The number of esters is 3. The Morgan fingerprint density at radius 3 is 0.870 bits per heavy atom. The molecule has 0 aliphatic rings. The van der Waals surface area contributed by atoms with Crippen molar-refractivity contribution in [3.8, 4) is 0 Å². The van der Waals surface area contributed by atoms with Gasteiger partial charge >= 0.3 is 17.9 Å². The summed E-state index contributed by atoms with van der Waals surface area (Å²) in [5.74, 6) is -0.971. The molecule has 0 saturated heterocycles. The van der Waals surface area contributed by atoms with Gasteiger partial charge in [-0.2, -0.15) is 0 Å². The maximum Gasteiger partial charge on any atom is 0.306 e. The van der Waals surface area contributed by atoms with Gasteiger partial charge in [0.25, 0.3) is 0 Å². The van der Waals surface area contributed by atoms with Crippen LogP contribution in [0.15, 0.2) is 97.2 Å². The number of hydrogen-bond acceptors (Lipinski definition) is 6. The van der Waals surface area contributed by atoms with Crippen molar-refractivity contribution >= 4 is 17.9 Å². The highest BCUT2D eigenvalue weighted by molar-refractivity contribution is 5.71. The van der Waals surface area contributed by atoms with Gasteiger partial charge in [-0.15, -0.1) is 0 Å². The molecule has 0 bridgehead atoms. The Balaban J connectivity index is 4.32. The number of hydrogen-bond donors (Lipinski definition) is 0. The Bertz CT molecular complexity index is 1510. The van der Waals surface area contributed by atoms with E-state index < -0.39 is 6.10 Å². The zero-order chi connectivity index (χ0) is 55.7. The smallest absolute Gasteiger partial charge is 0.306 e. The lowest BCUT2D eigenvalue weighted by Crippen LogP contribution is -2.30. The van der Waals surface area contributed by atoms with E-state index in [1.807, 2.05) is 6.08 Å². The number of ether oxygens (including phenoxy) is 3. The van der Waals surface area contributed by atoms with E-state index in [-0.39, 0.29) is 37.5 Å².